The van der Waals surface area contributed by atoms with Gasteiger partial charge in [-0.2, -0.15) is 0 Å². The van der Waals surface area contributed by atoms with Crippen molar-refractivity contribution < 1.29 is 9.32 Å². The van der Waals surface area contributed by atoms with Gasteiger partial charge in [0.15, 0.2) is 11.5 Å². The van der Waals surface area contributed by atoms with Crippen molar-refractivity contribution in [1.82, 2.24) is 15.0 Å². The number of carbonyl (C=O) groups excluding carboxylic acids is 1. The average molecular weight is 389 g/mol. The molecule has 0 unspecified atom stereocenters. The van der Waals surface area contributed by atoms with Crippen LogP contribution in [0.1, 0.15) is 16.2 Å². The lowest BCUT2D eigenvalue weighted by atomic mass is 10.1. The van der Waals surface area contributed by atoms with E-state index in [1.807, 2.05) is 43.3 Å². The summed E-state index contributed by atoms with van der Waals surface area (Å²) in [5, 5.41) is 5.78. The number of fused-ring (bicyclic) bond motifs is 1. The summed E-state index contributed by atoms with van der Waals surface area (Å²) in [6, 6.07) is 9.46. The molecule has 0 aliphatic rings. The average Bonchev–Trinajstić information content (AvgIpc) is 3.00. The van der Waals surface area contributed by atoms with Crippen molar-refractivity contribution in [3.63, 3.8) is 0 Å². The molecule has 7 heteroatoms. The zero-order chi connectivity index (χ0) is 17.3. The van der Waals surface area contributed by atoms with Crippen molar-refractivity contribution >= 4 is 38.4 Å². The highest BCUT2D eigenvalue weighted by atomic mass is 79.9. The number of anilines is 1. The van der Waals surface area contributed by atoms with Gasteiger partial charge in [-0.05, 0) is 37.7 Å². The number of rotatable bonds is 4. The van der Waals surface area contributed by atoms with Crippen molar-refractivity contribution in [1.29, 1.82) is 0 Å². The van der Waals surface area contributed by atoms with E-state index in [0.717, 1.165) is 15.2 Å². The predicted octanol–water partition coefficient (Wildman–Crippen LogP) is 3.32. The third kappa shape index (κ3) is 3.32. The first-order valence-electron chi connectivity index (χ1n) is 7.38. The zero-order valence-electron chi connectivity index (χ0n) is 13.7. The fraction of sp³-hybridized carbons (Fsp3) is 0.235. The molecule has 24 heavy (non-hydrogen) atoms. The van der Waals surface area contributed by atoms with Crippen LogP contribution in [0.4, 0.5) is 5.82 Å². The summed E-state index contributed by atoms with van der Waals surface area (Å²) in [7, 11) is 5.54. The second-order valence-corrected chi connectivity index (χ2v) is 6.70. The number of pyridine rings is 1. The van der Waals surface area contributed by atoms with Gasteiger partial charge in [0, 0.05) is 29.2 Å². The van der Waals surface area contributed by atoms with Crippen LogP contribution in [-0.2, 0) is 6.54 Å². The second kappa shape index (κ2) is 6.70. The summed E-state index contributed by atoms with van der Waals surface area (Å²) in [6.07, 6.45) is 1.69. The van der Waals surface area contributed by atoms with E-state index in [9.17, 15) is 4.79 Å². The largest absolute Gasteiger partial charge is 0.359 e. The smallest absolute Gasteiger partial charge is 0.281 e. The predicted molar refractivity (Wildman–Crippen MR) is 96.1 cm³/mol. The molecule has 0 N–H and O–H groups in total. The van der Waals surface area contributed by atoms with Crippen LogP contribution in [0.2, 0.25) is 0 Å². The van der Waals surface area contributed by atoms with E-state index in [4.69, 9.17) is 4.52 Å². The van der Waals surface area contributed by atoms with Crippen LogP contribution in [-0.4, -0.2) is 42.1 Å². The Morgan fingerprint density at radius 2 is 2.00 bits per heavy atom. The third-order valence-electron chi connectivity index (χ3n) is 3.58. The molecule has 0 aliphatic heterocycles. The summed E-state index contributed by atoms with van der Waals surface area (Å²) in [5.74, 6) is 0.963. The maximum Gasteiger partial charge on any atom is 0.281 e. The van der Waals surface area contributed by atoms with Gasteiger partial charge in [0.2, 0.25) is 0 Å². The Labute approximate surface area is 148 Å². The lowest BCUT2D eigenvalue weighted by Gasteiger charge is -2.16. The van der Waals surface area contributed by atoms with Gasteiger partial charge in [-0.1, -0.05) is 27.2 Å². The minimum absolute atomic E-state index is 0.260. The minimum Gasteiger partial charge on any atom is -0.359 e. The van der Waals surface area contributed by atoms with Gasteiger partial charge in [0.25, 0.3) is 5.91 Å². The number of nitrogens with zero attached hydrogens (tertiary/aromatic N) is 4. The number of hydrogen-bond donors (Lipinski definition) is 0. The molecular weight excluding hydrogens is 372 g/mol. The lowest BCUT2D eigenvalue weighted by molar-refractivity contribution is 0.0983. The van der Waals surface area contributed by atoms with E-state index in [1.54, 1.807) is 19.3 Å². The topological polar surface area (TPSA) is 62.5 Å². The van der Waals surface area contributed by atoms with Gasteiger partial charge in [0.05, 0.1) is 6.54 Å². The zero-order valence-corrected chi connectivity index (χ0v) is 15.2. The molecule has 3 rings (SSSR count). The lowest BCUT2D eigenvalue weighted by Crippen LogP contribution is -2.27. The van der Waals surface area contributed by atoms with E-state index < -0.39 is 0 Å². The van der Waals surface area contributed by atoms with Gasteiger partial charge in [0.1, 0.15) is 5.82 Å². The number of halogens is 1. The van der Waals surface area contributed by atoms with Crippen molar-refractivity contribution in [2.75, 3.05) is 26.0 Å². The summed E-state index contributed by atoms with van der Waals surface area (Å²) >= 11 is 3.46. The SMILES string of the molecule is CN(C)Cc1cc(C(=O)N(C)c2nccc3ccc(Br)cc23)no1. The minimum atomic E-state index is -0.260. The molecule has 0 radical (unpaired) electrons. The van der Waals surface area contributed by atoms with Gasteiger partial charge in [-0.3, -0.25) is 9.69 Å². The Hall–Kier alpha value is -2.25. The number of benzene rings is 1. The summed E-state index contributed by atoms with van der Waals surface area (Å²) in [6.45, 7) is 0.587. The molecule has 6 nitrogen and oxygen atoms in total. The first-order chi connectivity index (χ1) is 11.5. The highest BCUT2D eigenvalue weighted by molar-refractivity contribution is 9.10. The van der Waals surface area contributed by atoms with E-state index in [1.165, 1.54) is 4.90 Å². The van der Waals surface area contributed by atoms with Crippen LogP contribution in [0.25, 0.3) is 10.8 Å². The molecule has 3 aromatic rings. The monoisotopic (exact) mass is 388 g/mol. The first kappa shape index (κ1) is 16.6. The Bertz CT molecular complexity index is 891. The molecule has 0 atom stereocenters. The molecule has 0 spiro atoms. The number of amides is 1. The summed E-state index contributed by atoms with van der Waals surface area (Å²) in [4.78, 5) is 20.5. The Morgan fingerprint density at radius 1 is 1.21 bits per heavy atom. The fourth-order valence-corrected chi connectivity index (χ4v) is 2.82. The van der Waals surface area contributed by atoms with Crippen LogP contribution in [0, 0.1) is 0 Å². The fourth-order valence-electron chi connectivity index (χ4n) is 2.46. The van der Waals surface area contributed by atoms with E-state index in [-0.39, 0.29) is 11.6 Å². The van der Waals surface area contributed by atoms with E-state index >= 15 is 0 Å². The Kier molecular flexibility index (Phi) is 4.64. The molecule has 1 amide bonds. The van der Waals surface area contributed by atoms with Crippen LogP contribution < -0.4 is 4.90 Å². The number of aromatic nitrogens is 2. The highest BCUT2D eigenvalue weighted by Crippen LogP contribution is 2.27. The quantitative estimate of drug-likeness (QED) is 0.685. The number of carbonyl (C=O) groups is 1. The Balaban J connectivity index is 1.94. The standard InChI is InChI=1S/C17H17BrN4O2/c1-21(2)10-13-9-15(20-24-13)17(23)22(3)16-14-8-12(18)5-4-11(14)6-7-19-16/h4-9H,10H2,1-3H3. The van der Waals surface area contributed by atoms with Crippen molar-refractivity contribution in [2.45, 2.75) is 6.54 Å². The maximum absolute atomic E-state index is 12.7. The molecular formula is C17H17BrN4O2. The molecule has 2 aromatic heterocycles. The molecule has 0 aliphatic carbocycles. The van der Waals surface area contributed by atoms with E-state index in [2.05, 4.69) is 26.1 Å². The summed E-state index contributed by atoms with van der Waals surface area (Å²) in [5.41, 5.74) is 0.267. The Morgan fingerprint density at radius 3 is 2.75 bits per heavy atom. The molecule has 0 saturated carbocycles. The van der Waals surface area contributed by atoms with Crippen molar-refractivity contribution in [3.8, 4) is 0 Å². The van der Waals surface area contributed by atoms with Crippen LogP contribution in [0.5, 0.6) is 0 Å². The molecule has 2 heterocycles. The second-order valence-electron chi connectivity index (χ2n) is 5.78. The molecule has 0 fully saturated rings. The molecule has 1 aromatic carbocycles. The normalized spacial score (nSPS) is 11.2. The van der Waals surface area contributed by atoms with Gasteiger partial charge in [-0.25, -0.2) is 4.98 Å². The molecule has 124 valence electrons. The van der Waals surface area contributed by atoms with Gasteiger partial charge < -0.3 is 9.42 Å². The first-order valence-corrected chi connectivity index (χ1v) is 8.17. The maximum atomic E-state index is 12.7. The third-order valence-corrected chi connectivity index (χ3v) is 4.07. The van der Waals surface area contributed by atoms with Gasteiger partial charge in [-0.15, -0.1) is 0 Å². The van der Waals surface area contributed by atoms with Gasteiger partial charge >= 0.3 is 0 Å². The van der Waals surface area contributed by atoms with Crippen molar-refractivity contribution in [3.05, 3.63) is 52.5 Å². The van der Waals surface area contributed by atoms with E-state index in [0.29, 0.717) is 18.1 Å². The molecule has 0 bridgehead atoms. The summed E-state index contributed by atoms with van der Waals surface area (Å²) < 4.78 is 6.15. The van der Waals surface area contributed by atoms with Crippen LogP contribution in [0.3, 0.4) is 0 Å². The molecule has 0 saturated heterocycles. The number of hydrogen-bond acceptors (Lipinski definition) is 5. The van der Waals surface area contributed by atoms with Crippen molar-refractivity contribution in [2.24, 2.45) is 0 Å². The highest BCUT2D eigenvalue weighted by Gasteiger charge is 2.21. The van der Waals surface area contributed by atoms with Crippen LogP contribution >= 0.6 is 15.9 Å². The van der Waals surface area contributed by atoms with Crippen LogP contribution in [0.15, 0.2) is 45.5 Å².